The molecule has 2 aromatic rings. The van der Waals surface area contributed by atoms with Crippen LogP contribution in [-0.2, 0) is 14.3 Å². The number of nitrogens with one attached hydrogen (secondary N) is 1. The molecule has 1 aliphatic rings. The smallest absolute Gasteiger partial charge is 0.342 e. The first-order valence-corrected chi connectivity index (χ1v) is 11.1. The third-order valence-corrected chi connectivity index (χ3v) is 6.25. The molecule has 0 spiro atoms. The van der Waals surface area contributed by atoms with Crippen LogP contribution in [0.5, 0.6) is 0 Å². The Morgan fingerprint density at radius 3 is 2.33 bits per heavy atom. The summed E-state index contributed by atoms with van der Waals surface area (Å²) in [6.07, 6.45) is 2.35. The van der Waals surface area contributed by atoms with Gasteiger partial charge < -0.3 is 15.2 Å². The summed E-state index contributed by atoms with van der Waals surface area (Å²) in [7, 11) is 0. The van der Waals surface area contributed by atoms with Gasteiger partial charge in [-0.25, -0.2) is 4.79 Å². The van der Waals surface area contributed by atoms with Crippen LogP contribution in [0.2, 0.25) is 0 Å². The average molecular weight is 430 g/mol. The number of carbonyl (C=O) groups excluding carboxylic acids is 2. The molecule has 160 valence electrons. The van der Waals surface area contributed by atoms with Crippen molar-refractivity contribution in [3.8, 4) is 11.1 Å². The number of anilines is 1. The average Bonchev–Trinajstić information content (AvgIpc) is 3.11. The number of amides is 1. The van der Waals surface area contributed by atoms with Gasteiger partial charge in [0.2, 0.25) is 5.91 Å². The molecule has 0 radical (unpaired) electrons. The van der Waals surface area contributed by atoms with Crippen molar-refractivity contribution in [1.82, 2.24) is 0 Å². The summed E-state index contributed by atoms with van der Waals surface area (Å²) in [5.41, 5.74) is 2.97. The molecule has 7 heteroatoms. The molecule has 30 heavy (non-hydrogen) atoms. The SMILES string of the molecule is Cc1ccc(-c2csc(NC(=O)[C@@H]3CCCC[C@@H]3C(=O)O)c2C(=O)OC(C)C)cc1. The Morgan fingerprint density at radius 1 is 1.10 bits per heavy atom. The van der Waals surface area contributed by atoms with Gasteiger partial charge in [-0.05, 0) is 39.2 Å². The zero-order valence-corrected chi connectivity index (χ0v) is 18.3. The van der Waals surface area contributed by atoms with Gasteiger partial charge >= 0.3 is 11.9 Å². The van der Waals surface area contributed by atoms with Crippen LogP contribution in [0.3, 0.4) is 0 Å². The molecular weight excluding hydrogens is 402 g/mol. The highest BCUT2D eigenvalue weighted by molar-refractivity contribution is 7.15. The highest BCUT2D eigenvalue weighted by atomic mass is 32.1. The Morgan fingerprint density at radius 2 is 1.73 bits per heavy atom. The summed E-state index contributed by atoms with van der Waals surface area (Å²) >= 11 is 1.25. The minimum absolute atomic E-state index is 0.304. The van der Waals surface area contributed by atoms with Crippen LogP contribution in [-0.4, -0.2) is 29.1 Å². The van der Waals surface area contributed by atoms with Gasteiger partial charge in [0, 0.05) is 10.9 Å². The highest BCUT2D eigenvalue weighted by Crippen LogP contribution is 2.38. The number of aliphatic carboxylic acids is 1. The third kappa shape index (κ3) is 4.90. The van der Waals surface area contributed by atoms with Crippen LogP contribution in [0, 0.1) is 18.8 Å². The monoisotopic (exact) mass is 429 g/mol. The molecule has 2 atom stereocenters. The van der Waals surface area contributed by atoms with E-state index in [9.17, 15) is 19.5 Å². The number of hydrogen-bond donors (Lipinski definition) is 2. The molecule has 1 amide bonds. The number of esters is 1. The molecule has 1 heterocycles. The van der Waals surface area contributed by atoms with E-state index in [2.05, 4.69) is 5.32 Å². The van der Waals surface area contributed by atoms with Crippen molar-refractivity contribution in [2.45, 2.75) is 52.6 Å². The Labute approximate surface area is 180 Å². The lowest BCUT2D eigenvalue weighted by molar-refractivity contribution is -0.147. The number of hydrogen-bond acceptors (Lipinski definition) is 5. The van der Waals surface area contributed by atoms with Crippen LogP contribution in [0.15, 0.2) is 29.6 Å². The van der Waals surface area contributed by atoms with Crippen molar-refractivity contribution in [1.29, 1.82) is 0 Å². The van der Waals surface area contributed by atoms with E-state index < -0.39 is 23.8 Å². The fraction of sp³-hybridized carbons (Fsp3) is 0.435. The molecule has 1 aromatic heterocycles. The van der Waals surface area contributed by atoms with E-state index in [0.29, 0.717) is 29.0 Å². The second-order valence-corrected chi connectivity index (χ2v) is 8.88. The summed E-state index contributed by atoms with van der Waals surface area (Å²) in [5, 5.41) is 14.6. The van der Waals surface area contributed by atoms with Gasteiger partial charge in [-0.15, -0.1) is 11.3 Å². The lowest BCUT2D eigenvalue weighted by Crippen LogP contribution is -2.36. The van der Waals surface area contributed by atoms with Gasteiger partial charge in [-0.1, -0.05) is 42.7 Å². The van der Waals surface area contributed by atoms with E-state index in [0.717, 1.165) is 24.0 Å². The number of ether oxygens (including phenoxy) is 1. The van der Waals surface area contributed by atoms with Crippen LogP contribution in [0.4, 0.5) is 5.00 Å². The van der Waals surface area contributed by atoms with E-state index in [1.165, 1.54) is 11.3 Å². The molecule has 1 aromatic carbocycles. The molecule has 2 N–H and O–H groups in total. The minimum Gasteiger partial charge on any atom is -0.481 e. The number of thiophene rings is 1. The molecule has 0 bridgehead atoms. The zero-order chi connectivity index (χ0) is 21.8. The van der Waals surface area contributed by atoms with E-state index in [4.69, 9.17) is 4.74 Å². The normalized spacial score (nSPS) is 18.8. The van der Waals surface area contributed by atoms with Crippen LogP contribution in [0.25, 0.3) is 11.1 Å². The van der Waals surface area contributed by atoms with Crippen molar-refractivity contribution >= 4 is 34.2 Å². The summed E-state index contributed by atoms with van der Waals surface area (Å²) in [4.78, 5) is 37.4. The van der Waals surface area contributed by atoms with Gasteiger partial charge in [-0.3, -0.25) is 9.59 Å². The number of carboxylic acids is 1. The van der Waals surface area contributed by atoms with E-state index in [1.807, 2.05) is 36.6 Å². The van der Waals surface area contributed by atoms with Gasteiger partial charge in [0.15, 0.2) is 0 Å². The maximum Gasteiger partial charge on any atom is 0.342 e. The summed E-state index contributed by atoms with van der Waals surface area (Å²) in [5.74, 6) is -3.09. The fourth-order valence-corrected chi connectivity index (χ4v) is 4.78. The van der Waals surface area contributed by atoms with Crippen LogP contribution < -0.4 is 5.32 Å². The van der Waals surface area contributed by atoms with Gasteiger partial charge in [0.1, 0.15) is 10.6 Å². The maximum atomic E-state index is 12.9. The van der Waals surface area contributed by atoms with Gasteiger partial charge in [0.25, 0.3) is 0 Å². The summed E-state index contributed by atoms with van der Waals surface area (Å²) in [6, 6.07) is 7.78. The van der Waals surface area contributed by atoms with Gasteiger partial charge in [-0.2, -0.15) is 0 Å². The third-order valence-electron chi connectivity index (χ3n) is 5.36. The maximum absolute atomic E-state index is 12.9. The van der Waals surface area contributed by atoms with Crippen molar-refractivity contribution in [3.05, 3.63) is 40.8 Å². The quantitative estimate of drug-likeness (QED) is 0.622. The minimum atomic E-state index is -0.944. The summed E-state index contributed by atoms with van der Waals surface area (Å²) < 4.78 is 5.43. The molecule has 0 aliphatic heterocycles. The predicted molar refractivity (Wildman–Crippen MR) is 117 cm³/mol. The number of carbonyl (C=O) groups is 3. The lowest BCUT2D eigenvalue weighted by atomic mass is 9.79. The lowest BCUT2D eigenvalue weighted by Gasteiger charge is -2.27. The Kier molecular flexibility index (Phi) is 6.92. The largest absolute Gasteiger partial charge is 0.481 e. The first kappa shape index (κ1) is 22.0. The first-order chi connectivity index (χ1) is 14.3. The second kappa shape index (κ2) is 9.43. The summed E-state index contributed by atoms with van der Waals surface area (Å²) in [6.45, 7) is 5.53. The second-order valence-electron chi connectivity index (χ2n) is 8.00. The van der Waals surface area contributed by atoms with E-state index >= 15 is 0 Å². The predicted octanol–water partition coefficient (Wildman–Crippen LogP) is 5.12. The topological polar surface area (TPSA) is 92.7 Å². The molecule has 6 nitrogen and oxygen atoms in total. The van der Waals surface area contributed by atoms with Crippen LogP contribution in [0.1, 0.15) is 55.5 Å². The molecule has 3 rings (SSSR count). The first-order valence-electron chi connectivity index (χ1n) is 10.2. The Hall–Kier alpha value is -2.67. The number of rotatable bonds is 6. The molecule has 1 fully saturated rings. The van der Waals surface area contributed by atoms with Crippen molar-refractivity contribution < 1.29 is 24.2 Å². The molecule has 1 saturated carbocycles. The Bertz CT molecular complexity index is 932. The van der Waals surface area contributed by atoms with Gasteiger partial charge in [0.05, 0.1) is 17.9 Å². The number of carboxylic acid groups (broad SMARTS) is 1. The van der Waals surface area contributed by atoms with Crippen molar-refractivity contribution in [2.75, 3.05) is 5.32 Å². The number of aryl methyl sites for hydroxylation is 1. The fourth-order valence-electron chi connectivity index (χ4n) is 3.82. The number of benzene rings is 1. The van der Waals surface area contributed by atoms with Crippen molar-refractivity contribution in [3.63, 3.8) is 0 Å². The van der Waals surface area contributed by atoms with E-state index in [-0.39, 0.29) is 12.0 Å². The molecule has 0 unspecified atom stereocenters. The molecule has 1 aliphatic carbocycles. The molecule has 0 saturated heterocycles. The van der Waals surface area contributed by atoms with Crippen LogP contribution >= 0.6 is 11.3 Å². The highest BCUT2D eigenvalue weighted by Gasteiger charge is 2.36. The standard InChI is InChI=1S/C23H27NO5S/c1-13(2)29-23(28)19-18(15-10-8-14(3)9-11-15)12-30-21(19)24-20(25)16-6-4-5-7-17(16)22(26)27/h8-13,16-17H,4-7H2,1-3H3,(H,24,25)(H,26,27)/t16-,17+/m1/s1. The van der Waals surface area contributed by atoms with E-state index in [1.54, 1.807) is 13.8 Å². The Balaban J connectivity index is 1.93. The molecular formula is C23H27NO5S. The van der Waals surface area contributed by atoms with Crippen molar-refractivity contribution in [2.24, 2.45) is 11.8 Å². The zero-order valence-electron chi connectivity index (χ0n) is 17.4.